The topological polar surface area (TPSA) is 67.4 Å². The maximum atomic E-state index is 13.1. The molecular formula is C27H38N4O4. The number of aromatic nitrogens is 1. The minimum Gasteiger partial charge on any atom is -0.493 e. The third-order valence-electron chi connectivity index (χ3n) is 7.13. The number of hydrogen-bond donors (Lipinski definition) is 0. The first-order valence-electron chi connectivity index (χ1n) is 12.6. The minimum atomic E-state index is 0.214. The van der Waals surface area contributed by atoms with Crippen molar-refractivity contribution in [1.82, 2.24) is 14.8 Å². The molecule has 1 amide bonds. The van der Waals surface area contributed by atoms with Crippen molar-refractivity contribution in [3.63, 3.8) is 0 Å². The normalized spacial score (nSPS) is 18.9. The maximum absolute atomic E-state index is 13.1. The van der Waals surface area contributed by atoms with Crippen molar-refractivity contribution in [2.24, 2.45) is 5.92 Å². The number of carbonyl (C=O) groups excluding carboxylic acids is 1. The Balaban J connectivity index is 1.27. The largest absolute Gasteiger partial charge is 0.493 e. The zero-order valence-corrected chi connectivity index (χ0v) is 21.2. The number of methoxy groups -OCH3 is 3. The van der Waals surface area contributed by atoms with Gasteiger partial charge in [0.25, 0.3) is 0 Å². The average molecular weight is 483 g/mol. The molecule has 4 rings (SSSR count). The van der Waals surface area contributed by atoms with Crippen molar-refractivity contribution >= 4 is 11.7 Å². The molecule has 0 aliphatic carbocycles. The molecule has 2 saturated heterocycles. The van der Waals surface area contributed by atoms with Crippen molar-refractivity contribution in [2.45, 2.75) is 25.7 Å². The molecule has 2 aromatic rings. The molecule has 0 N–H and O–H groups in total. The Bertz CT molecular complexity index is 963. The molecule has 1 aromatic carbocycles. The number of pyridine rings is 1. The van der Waals surface area contributed by atoms with Crippen molar-refractivity contribution in [3.8, 4) is 17.2 Å². The van der Waals surface area contributed by atoms with Crippen LogP contribution in [0.25, 0.3) is 0 Å². The van der Waals surface area contributed by atoms with Gasteiger partial charge in [0, 0.05) is 58.4 Å². The number of benzene rings is 1. The van der Waals surface area contributed by atoms with Gasteiger partial charge >= 0.3 is 0 Å². The Labute approximate surface area is 208 Å². The average Bonchev–Trinajstić information content (AvgIpc) is 2.92. The molecule has 0 spiro atoms. The number of ether oxygens (including phenoxy) is 3. The second kappa shape index (κ2) is 12.1. The van der Waals surface area contributed by atoms with Crippen LogP contribution in [0.4, 0.5) is 5.82 Å². The number of amides is 1. The Morgan fingerprint density at radius 3 is 2.46 bits per heavy atom. The van der Waals surface area contributed by atoms with Gasteiger partial charge in [0.2, 0.25) is 11.7 Å². The number of carbonyl (C=O) groups is 1. The van der Waals surface area contributed by atoms with Crippen LogP contribution in [0.3, 0.4) is 0 Å². The van der Waals surface area contributed by atoms with Crippen LogP contribution in [0.2, 0.25) is 0 Å². The van der Waals surface area contributed by atoms with Gasteiger partial charge in [0.15, 0.2) is 11.5 Å². The molecule has 3 heterocycles. The van der Waals surface area contributed by atoms with E-state index in [0.29, 0.717) is 36.0 Å². The standard InChI is InChI=1S/C27H38N4O4/c1-33-23-11-9-22(26(34-2)27(23)35-3)10-12-25(32)31-14-6-7-21(20-31)19-29-15-17-30(18-16-29)24-8-4-5-13-28-24/h4-5,8-9,11,13,21H,6-7,10,12,14-20H2,1-3H3. The fraction of sp³-hybridized carbons (Fsp3) is 0.556. The number of rotatable bonds is 9. The van der Waals surface area contributed by atoms with E-state index in [1.807, 2.05) is 30.5 Å². The summed E-state index contributed by atoms with van der Waals surface area (Å²) >= 11 is 0. The predicted molar refractivity (Wildman–Crippen MR) is 137 cm³/mol. The summed E-state index contributed by atoms with van der Waals surface area (Å²) in [5.41, 5.74) is 0.956. The monoisotopic (exact) mass is 482 g/mol. The lowest BCUT2D eigenvalue weighted by Crippen LogP contribution is -2.50. The quantitative estimate of drug-likeness (QED) is 0.544. The first-order chi connectivity index (χ1) is 17.1. The molecule has 1 unspecified atom stereocenters. The van der Waals surface area contributed by atoms with E-state index in [-0.39, 0.29) is 5.91 Å². The maximum Gasteiger partial charge on any atom is 0.222 e. The lowest BCUT2D eigenvalue weighted by Gasteiger charge is -2.39. The summed E-state index contributed by atoms with van der Waals surface area (Å²) in [6.45, 7) is 6.84. The molecular weight excluding hydrogens is 444 g/mol. The van der Waals surface area contributed by atoms with Crippen LogP contribution < -0.4 is 19.1 Å². The molecule has 2 aliphatic heterocycles. The Kier molecular flexibility index (Phi) is 8.69. The van der Waals surface area contributed by atoms with E-state index < -0.39 is 0 Å². The molecule has 0 radical (unpaired) electrons. The summed E-state index contributed by atoms with van der Waals surface area (Å²) < 4.78 is 16.4. The van der Waals surface area contributed by atoms with E-state index in [4.69, 9.17) is 14.2 Å². The van der Waals surface area contributed by atoms with Crippen LogP contribution in [0.5, 0.6) is 17.2 Å². The van der Waals surface area contributed by atoms with Crippen molar-refractivity contribution < 1.29 is 19.0 Å². The summed E-state index contributed by atoms with van der Waals surface area (Å²) in [6.07, 6.45) is 5.19. The van der Waals surface area contributed by atoms with Crippen molar-refractivity contribution in [1.29, 1.82) is 0 Å². The molecule has 1 aromatic heterocycles. The number of hydrogen-bond acceptors (Lipinski definition) is 7. The smallest absolute Gasteiger partial charge is 0.222 e. The summed E-state index contributed by atoms with van der Waals surface area (Å²) in [5, 5.41) is 0. The first kappa shape index (κ1) is 25.1. The zero-order chi connectivity index (χ0) is 24.6. The van der Waals surface area contributed by atoms with Gasteiger partial charge in [-0.25, -0.2) is 4.98 Å². The second-order valence-electron chi connectivity index (χ2n) is 9.32. The molecule has 0 saturated carbocycles. The van der Waals surface area contributed by atoms with Crippen LogP contribution in [-0.4, -0.2) is 87.8 Å². The molecule has 35 heavy (non-hydrogen) atoms. The van der Waals surface area contributed by atoms with E-state index in [1.54, 1.807) is 21.3 Å². The molecule has 190 valence electrons. The van der Waals surface area contributed by atoms with E-state index in [2.05, 4.69) is 25.8 Å². The molecule has 8 nitrogen and oxygen atoms in total. The number of piperidine rings is 1. The van der Waals surface area contributed by atoms with Gasteiger partial charge in [0.05, 0.1) is 21.3 Å². The fourth-order valence-corrected chi connectivity index (χ4v) is 5.27. The van der Waals surface area contributed by atoms with Crippen LogP contribution in [-0.2, 0) is 11.2 Å². The minimum absolute atomic E-state index is 0.214. The van der Waals surface area contributed by atoms with Crippen LogP contribution in [0, 0.1) is 5.92 Å². The van der Waals surface area contributed by atoms with Crippen LogP contribution >= 0.6 is 0 Å². The van der Waals surface area contributed by atoms with Crippen molar-refractivity contribution in [3.05, 3.63) is 42.1 Å². The van der Waals surface area contributed by atoms with Gasteiger partial charge in [-0.15, -0.1) is 0 Å². The van der Waals surface area contributed by atoms with Gasteiger partial charge in [-0.1, -0.05) is 12.1 Å². The van der Waals surface area contributed by atoms with Gasteiger partial charge in [0.1, 0.15) is 5.82 Å². The summed E-state index contributed by atoms with van der Waals surface area (Å²) in [4.78, 5) is 24.5. The van der Waals surface area contributed by atoms with Crippen molar-refractivity contribution in [2.75, 3.05) is 72.0 Å². The van der Waals surface area contributed by atoms with E-state index >= 15 is 0 Å². The third kappa shape index (κ3) is 6.17. The van der Waals surface area contributed by atoms with Gasteiger partial charge in [-0.2, -0.15) is 0 Å². The first-order valence-corrected chi connectivity index (χ1v) is 12.6. The van der Waals surface area contributed by atoms with E-state index in [9.17, 15) is 4.79 Å². The molecule has 1 atom stereocenters. The highest BCUT2D eigenvalue weighted by atomic mass is 16.5. The van der Waals surface area contributed by atoms with Gasteiger partial charge in [-0.3, -0.25) is 9.69 Å². The Morgan fingerprint density at radius 2 is 1.77 bits per heavy atom. The number of piperazine rings is 1. The second-order valence-corrected chi connectivity index (χ2v) is 9.32. The lowest BCUT2D eigenvalue weighted by atomic mass is 9.96. The number of anilines is 1. The lowest BCUT2D eigenvalue weighted by molar-refractivity contribution is -0.133. The van der Waals surface area contributed by atoms with E-state index in [1.165, 1.54) is 6.42 Å². The Hall–Kier alpha value is -3.00. The van der Waals surface area contributed by atoms with E-state index in [0.717, 1.165) is 63.6 Å². The predicted octanol–water partition coefficient (Wildman–Crippen LogP) is 3.10. The zero-order valence-electron chi connectivity index (χ0n) is 21.2. The third-order valence-corrected chi connectivity index (χ3v) is 7.13. The van der Waals surface area contributed by atoms with Gasteiger partial charge in [-0.05, 0) is 48.9 Å². The highest BCUT2D eigenvalue weighted by Crippen LogP contribution is 2.40. The molecule has 8 heteroatoms. The summed E-state index contributed by atoms with van der Waals surface area (Å²) in [5.74, 6) is 3.64. The molecule has 0 bridgehead atoms. The Morgan fingerprint density at radius 1 is 0.971 bits per heavy atom. The van der Waals surface area contributed by atoms with Gasteiger partial charge < -0.3 is 24.0 Å². The molecule has 2 aliphatic rings. The number of aryl methyl sites for hydroxylation is 1. The SMILES string of the molecule is COc1ccc(CCC(=O)N2CCCC(CN3CCN(c4ccccn4)CC3)C2)c(OC)c1OC. The molecule has 2 fully saturated rings. The van der Waals surface area contributed by atoms with Crippen LogP contribution in [0.15, 0.2) is 36.5 Å². The van der Waals surface area contributed by atoms with Crippen LogP contribution in [0.1, 0.15) is 24.8 Å². The summed E-state index contributed by atoms with van der Waals surface area (Å²) in [6, 6.07) is 9.91. The number of nitrogens with zero attached hydrogens (tertiary/aromatic N) is 4. The highest BCUT2D eigenvalue weighted by molar-refractivity contribution is 5.76. The highest BCUT2D eigenvalue weighted by Gasteiger charge is 2.27. The fourth-order valence-electron chi connectivity index (χ4n) is 5.27. The number of likely N-dealkylation sites (tertiary alicyclic amines) is 1. The summed E-state index contributed by atoms with van der Waals surface area (Å²) in [7, 11) is 4.82.